The Balaban J connectivity index is 2.18. The maximum absolute atomic E-state index is 12.9. The number of nitrogen functional groups attached to an aromatic ring is 2. The summed E-state index contributed by atoms with van der Waals surface area (Å²) in [5, 5.41) is 9.06. The van der Waals surface area contributed by atoms with E-state index in [0.717, 1.165) is 0 Å². The predicted molar refractivity (Wildman–Crippen MR) is 102 cm³/mol. The third kappa shape index (κ3) is 3.99. The summed E-state index contributed by atoms with van der Waals surface area (Å²) in [7, 11) is 1.35. The van der Waals surface area contributed by atoms with Crippen LogP contribution in [0.3, 0.4) is 0 Å². The minimum atomic E-state index is -4.62. The fraction of sp³-hybridized carbons (Fsp3) is 0.111. The number of nitrogens with two attached hydrogens (primary N) is 2. The van der Waals surface area contributed by atoms with E-state index >= 15 is 0 Å². The van der Waals surface area contributed by atoms with E-state index in [1.54, 1.807) is 6.07 Å². The molecule has 0 atom stereocenters. The Morgan fingerprint density at radius 3 is 2.53 bits per heavy atom. The Bertz CT molecular complexity index is 1160. The van der Waals surface area contributed by atoms with Crippen molar-refractivity contribution in [2.24, 2.45) is 0 Å². The monoisotopic (exact) mass is 436 g/mol. The first-order valence-corrected chi connectivity index (χ1v) is 8.44. The van der Waals surface area contributed by atoms with Crippen molar-refractivity contribution < 1.29 is 22.6 Å². The molecule has 0 spiro atoms. The van der Waals surface area contributed by atoms with Gasteiger partial charge in [0, 0.05) is 11.8 Å². The highest BCUT2D eigenvalue weighted by molar-refractivity contribution is 6.31. The topological polar surface area (TPSA) is 133 Å². The SMILES string of the molecule is COc1cccc(-c2nc(N)nc(N)c2C#N)c1Oc1ncc(C(F)(F)F)cc1Cl. The second-order valence-electron chi connectivity index (χ2n) is 5.75. The van der Waals surface area contributed by atoms with Crippen LogP contribution in [-0.2, 0) is 6.18 Å². The van der Waals surface area contributed by atoms with Gasteiger partial charge >= 0.3 is 6.18 Å². The fourth-order valence-electron chi connectivity index (χ4n) is 2.52. The third-order valence-corrected chi connectivity index (χ3v) is 4.12. The molecule has 3 aromatic rings. The summed E-state index contributed by atoms with van der Waals surface area (Å²) in [5.41, 5.74) is 10.6. The maximum Gasteiger partial charge on any atom is 0.417 e. The van der Waals surface area contributed by atoms with E-state index in [9.17, 15) is 18.4 Å². The van der Waals surface area contributed by atoms with Crippen LogP contribution in [0.25, 0.3) is 11.3 Å². The van der Waals surface area contributed by atoms with Gasteiger partial charge in [0.15, 0.2) is 11.5 Å². The van der Waals surface area contributed by atoms with E-state index in [0.29, 0.717) is 12.3 Å². The average Bonchev–Trinajstić information content (AvgIpc) is 2.68. The van der Waals surface area contributed by atoms with Gasteiger partial charge in [-0.1, -0.05) is 17.7 Å². The van der Waals surface area contributed by atoms with Crippen LogP contribution in [0.15, 0.2) is 30.5 Å². The second-order valence-corrected chi connectivity index (χ2v) is 6.16. The van der Waals surface area contributed by atoms with Gasteiger partial charge in [0.05, 0.1) is 18.4 Å². The number of hydrogen-bond donors (Lipinski definition) is 2. The zero-order valence-electron chi connectivity index (χ0n) is 15.2. The average molecular weight is 437 g/mol. The quantitative estimate of drug-likeness (QED) is 0.625. The lowest BCUT2D eigenvalue weighted by atomic mass is 10.1. The molecule has 2 heterocycles. The van der Waals surface area contributed by atoms with Gasteiger partial charge in [-0.05, 0) is 18.2 Å². The van der Waals surface area contributed by atoms with Crippen LogP contribution >= 0.6 is 11.6 Å². The highest BCUT2D eigenvalue weighted by atomic mass is 35.5. The van der Waals surface area contributed by atoms with E-state index < -0.39 is 11.7 Å². The summed E-state index contributed by atoms with van der Waals surface area (Å²) in [5.74, 6) is -0.502. The number of ether oxygens (including phenoxy) is 2. The third-order valence-electron chi connectivity index (χ3n) is 3.85. The van der Waals surface area contributed by atoms with Gasteiger partial charge < -0.3 is 20.9 Å². The number of anilines is 2. The zero-order valence-corrected chi connectivity index (χ0v) is 15.9. The molecule has 12 heteroatoms. The van der Waals surface area contributed by atoms with Crippen molar-refractivity contribution in [3.8, 4) is 34.7 Å². The number of nitriles is 1. The smallest absolute Gasteiger partial charge is 0.417 e. The highest BCUT2D eigenvalue weighted by Gasteiger charge is 2.32. The number of rotatable bonds is 4. The zero-order chi connectivity index (χ0) is 22.1. The van der Waals surface area contributed by atoms with Gasteiger partial charge in [0.25, 0.3) is 0 Å². The van der Waals surface area contributed by atoms with Gasteiger partial charge in [0.1, 0.15) is 22.5 Å². The van der Waals surface area contributed by atoms with Crippen molar-refractivity contribution in [1.29, 1.82) is 5.26 Å². The Hall–Kier alpha value is -3.78. The minimum Gasteiger partial charge on any atom is -0.493 e. The molecule has 0 bridgehead atoms. The predicted octanol–water partition coefficient (Wildman–Crippen LogP) is 4.05. The van der Waals surface area contributed by atoms with Crippen LogP contribution in [-0.4, -0.2) is 22.1 Å². The molecule has 2 aromatic heterocycles. The summed E-state index contributed by atoms with van der Waals surface area (Å²) >= 11 is 5.94. The lowest BCUT2D eigenvalue weighted by molar-refractivity contribution is -0.137. The minimum absolute atomic E-state index is 0.0110. The molecule has 0 radical (unpaired) electrons. The molecule has 0 aliphatic rings. The van der Waals surface area contributed by atoms with Gasteiger partial charge in [-0.25, -0.2) is 9.97 Å². The van der Waals surface area contributed by atoms with Crippen LogP contribution in [0.1, 0.15) is 11.1 Å². The summed E-state index contributed by atoms with van der Waals surface area (Å²) in [6, 6.07) is 7.20. The molecule has 0 amide bonds. The Morgan fingerprint density at radius 2 is 1.93 bits per heavy atom. The number of hydrogen-bond acceptors (Lipinski definition) is 8. The van der Waals surface area contributed by atoms with Crippen LogP contribution in [0.5, 0.6) is 17.4 Å². The molecular formula is C18H12ClF3N6O2. The maximum atomic E-state index is 12.9. The molecule has 30 heavy (non-hydrogen) atoms. The summed E-state index contributed by atoms with van der Waals surface area (Å²) in [4.78, 5) is 11.4. The number of halogens is 4. The first-order chi connectivity index (χ1) is 14.2. The largest absolute Gasteiger partial charge is 0.493 e. The van der Waals surface area contributed by atoms with Crippen LogP contribution in [0.4, 0.5) is 24.9 Å². The number of benzene rings is 1. The van der Waals surface area contributed by atoms with Crippen molar-refractivity contribution in [2.45, 2.75) is 6.18 Å². The summed E-state index contributed by atoms with van der Waals surface area (Å²) < 4.78 is 49.5. The van der Waals surface area contributed by atoms with Gasteiger partial charge in [0.2, 0.25) is 11.8 Å². The molecule has 0 aliphatic heterocycles. The van der Waals surface area contributed by atoms with Crippen LogP contribution in [0, 0.1) is 11.3 Å². The molecule has 8 nitrogen and oxygen atoms in total. The molecule has 0 fully saturated rings. The molecule has 0 unspecified atom stereocenters. The molecule has 154 valence electrons. The Morgan fingerprint density at radius 1 is 1.20 bits per heavy atom. The van der Waals surface area contributed by atoms with E-state index in [1.165, 1.54) is 19.2 Å². The second kappa shape index (κ2) is 7.92. The highest BCUT2D eigenvalue weighted by Crippen LogP contribution is 2.43. The Kier molecular flexibility index (Phi) is 5.53. The molecule has 0 aliphatic carbocycles. The number of nitrogens with zero attached hydrogens (tertiary/aromatic N) is 4. The lowest BCUT2D eigenvalue weighted by Crippen LogP contribution is -2.07. The van der Waals surface area contributed by atoms with Crippen molar-refractivity contribution in [3.63, 3.8) is 0 Å². The fourth-order valence-corrected chi connectivity index (χ4v) is 2.73. The van der Waals surface area contributed by atoms with Crippen molar-refractivity contribution >= 4 is 23.4 Å². The summed E-state index contributed by atoms with van der Waals surface area (Å²) in [6.07, 6.45) is -4.04. The first-order valence-electron chi connectivity index (χ1n) is 8.06. The Labute approximate surface area is 172 Å². The van der Waals surface area contributed by atoms with Crippen molar-refractivity contribution in [2.75, 3.05) is 18.6 Å². The first kappa shape index (κ1) is 20.9. The van der Waals surface area contributed by atoms with E-state index in [4.69, 9.17) is 32.5 Å². The molecule has 0 saturated carbocycles. The van der Waals surface area contributed by atoms with Crippen LogP contribution in [0.2, 0.25) is 5.02 Å². The number of aromatic nitrogens is 3. The molecule has 4 N–H and O–H groups in total. The molecule has 1 aromatic carbocycles. The van der Waals surface area contributed by atoms with E-state index in [-0.39, 0.29) is 51.0 Å². The van der Waals surface area contributed by atoms with Crippen molar-refractivity contribution in [3.05, 3.63) is 46.6 Å². The number of para-hydroxylation sites is 1. The van der Waals surface area contributed by atoms with Gasteiger partial charge in [-0.2, -0.15) is 23.4 Å². The summed E-state index contributed by atoms with van der Waals surface area (Å²) in [6.45, 7) is 0. The standard InChI is InChI=1S/C18H12ClF3N6O2/c1-29-12-4-2-3-9(13-10(6-23)15(24)28-17(25)27-13)14(12)30-16-11(19)5-8(7-26-16)18(20,21)22/h2-5,7H,1H3,(H4,24,25,27,28). The number of methoxy groups -OCH3 is 1. The van der Waals surface area contributed by atoms with Gasteiger partial charge in [-0.15, -0.1) is 0 Å². The van der Waals surface area contributed by atoms with Crippen molar-refractivity contribution in [1.82, 2.24) is 15.0 Å². The number of pyridine rings is 1. The normalized spacial score (nSPS) is 11.1. The number of alkyl halides is 3. The van der Waals surface area contributed by atoms with Crippen LogP contribution < -0.4 is 20.9 Å². The van der Waals surface area contributed by atoms with E-state index in [2.05, 4.69) is 15.0 Å². The molecular weight excluding hydrogens is 425 g/mol. The molecule has 3 rings (SSSR count). The lowest BCUT2D eigenvalue weighted by Gasteiger charge is -2.16. The van der Waals surface area contributed by atoms with Gasteiger partial charge in [-0.3, -0.25) is 0 Å². The van der Waals surface area contributed by atoms with E-state index in [1.807, 2.05) is 6.07 Å². The molecule has 0 saturated heterocycles.